The summed E-state index contributed by atoms with van der Waals surface area (Å²) in [4.78, 5) is 0. The highest BCUT2D eigenvalue weighted by Crippen LogP contribution is 2.68. The van der Waals surface area contributed by atoms with Crippen LogP contribution in [-0.4, -0.2) is 22.9 Å². The Morgan fingerprint density at radius 2 is 2.29 bits per heavy atom. The van der Waals surface area contributed by atoms with Crippen LogP contribution in [0.3, 0.4) is 0 Å². The number of aliphatic hydroxyl groups is 1. The van der Waals surface area contributed by atoms with Crippen molar-refractivity contribution in [3.63, 3.8) is 0 Å². The number of epoxide rings is 1. The summed E-state index contributed by atoms with van der Waals surface area (Å²) in [5.41, 5.74) is 1.80. The van der Waals surface area contributed by atoms with Gasteiger partial charge in [0, 0.05) is 5.41 Å². The number of ether oxygens (including phenoxy) is 1. The quantitative estimate of drug-likeness (QED) is 0.472. The second-order valence-corrected chi connectivity index (χ2v) is 5.18. The third-order valence-electron chi connectivity index (χ3n) is 4.79. The highest BCUT2D eigenvalue weighted by atomic mass is 16.6. The number of allylic oxidation sites excluding steroid dienone is 1. The van der Waals surface area contributed by atoms with Gasteiger partial charge in [-0.05, 0) is 32.6 Å². The van der Waals surface area contributed by atoms with Gasteiger partial charge in [0.2, 0.25) is 0 Å². The predicted molar refractivity (Wildman–Crippen MR) is 53.9 cm³/mol. The summed E-state index contributed by atoms with van der Waals surface area (Å²) < 4.78 is 5.85. The molecule has 0 amide bonds. The monoisotopic (exact) mass is 194 g/mol. The Morgan fingerprint density at radius 3 is 3.00 bits per heavy atom. The largest absolute Gasteiger partial charge is 0.390 e. The van der Waals surface area contributed by atoms with E-state index in [0.717, 1.165) is 25.7 Å². The Balaban J connectivity index is 2.02. The van der Waals surface area contributed by atoms with E-state index in [4.69, 9.17) is 4.74 Å². The molecule has 0 bridgehead atoms. The van der Waals surface area contributed by atoms with Crippen molar-refractivity contribution in [2.45, 2.75) is 57.3 Å². The van der Waals surface area contributed by atoms with Gasteiger partial charge in [-0.1, -0.05) is 18.6 Å². The molecule has 14 heavy (non-hydrogen) atoms. The standard InChI is InChI=1S/C12H18O2/c1-3-8-4-7-12-10(14-12)9(13)5-6-11(8,12)2/h3,9-10,13H,4-7H2,1-2H3/b8-3-. The van der Waals surface area contributed by atoms with E-state index in [-0.39, 0.29) is 23.2 Å². The number of hydrogen-bond donors (Lipinski definition) is 1. The van der Waals surface area contributed by atoms with Gasteiger partial charge in [0.15, 0.2) is 0 Å². The van der Waals surface area contributed by atoms with E-state index in [1.54, 1.807) is 5.57 Å². The lowest BCUT2D eigenvalue weighted by Crippen LogP contribution is -2.42. The molecular weight excluding hydrogens is 176 g/mol. The molecule has 1 N–H and O–H groups in total. The van der Waals surface area contributed by atoms with Crippen LogP contribution < -0.4 is 0 Å². The molecule has 4 atom stereocenters. The fraction of sp³-hybridized carbons (Fsp3) is 0.833. The molecule has 2 nitrogen and oxygen atoms in total. The SMILES string of the molecule is C/C=C1/CCC23OC2C(O)CCC13C. The van der Waals surface area contributed by atoms with E-state index in [9.17, 15) is 5.11 Å². The van der Waals surface area contributed by atoms with Gasteiger partial charge in [0.1, 0.15) is 11.7 Å². The molecule has 2 aliphatic carbocycles. The van der Waals surface area contributed by atoms with Gasteiger partial charge >= 0.3 is 0 Å². The Morgan fingerprint density at radius 1 is 1.50 bits per heavy atom. The van der Waals surface area contributed by atoms with Crippen LogP contribution in [0.15, 0.2) is 11.6 Å². The van der Waals surface area contributed by atoms with Gasteiger partial charge < -0.3 is 9.84 Å². The smallest absolute Gasteiger partial charge is 0.114 e. The normalized spacial score (nSPS) is 58.4. The molecule has 3 rings (SSSR count). The van der Waals surface area contributed by atoms with Crippen molar-refractivity contribution in [2.24, 2.45) is 5.41 Å². The van der Waals surface area contributed by atoms with Crippen molar-refractivity contribution >= 4 is 0 Å². The Labute approximate surface area is 85.0 Å². The highest BCUT2D eigenvalue weighted by molar-refractivity contribution is 5.35. The lowest BCUT2D eigenvalue weighted by molar-refractivity contribution is 0.0966. The second kappa shape index (κ2) is 2.42. The average molecular weight is 194 g/mol. The van der Waals surface area contributed by atoms with Gasteiger partial charge in [0.05, 0.1) is 6.10 Å². The van der Waals surface area contributed by atoms with Crippen LogP contribution in [0.1, 0.15) is 39.5 Å². The third-order valence-corrected chi connectivity index (χ3v) is 4.79. The highest BCUT2D eigenvalue weighted by Gasteiger charge is 2.74. The lowest BCUT2D eigenvalue weighted by atomic mass is 9.66. The molecule has 2 heteroatoms. The van der Waals surface area contributed by atoms with Gasteiger partial charge in [-0.25, -0.2) is 0 Å². The number of rotatable bonds is 0. The van der Waals surface area contributed by atoms with Crippen molar-refractivity contribution in [3.05, 3.63) is 11.6 Å². The molecule has 1 aliphatic heterocycles. The molecule has 1 heterocycles. The van der Waals surface area contributed by atoms with E-state index < -0.39 is 0 Å². The van der Waals surface area contributed by atoms with Gasteiger partial charge in [-0.15, -0.1) is 0 Å². The van der Waals surface area contributed by atoms with Crippen molar-refractivity contribution in [3.8, 4) is 0 Å². The summed E-state index contributed by atoms with van der Waals surface area (Å²) in [6, 6.07) is 0. The first-order valence-electron chi connectivity index (χ1n) is 5.65. The maximum atomic E-state index is 9.79. The van der Waals surface area contributed by atoms with E-state index >= 15 is 0 Å². The zero-order valence-electron chi connectivity index (χ0n) is 8.92. The lowest BCUT2D eigenvalue weighted by Gasteiger charge is -2.36. The predicted octanol–water partition coefficient (Wildman–Crippen LogP) is 2.03. The molecule has 1 saturated heterocycles. The minimum Gasteiger partial charge on any atom is -0.390 e. The summed E-state index contributed by atoms with van der Waals surface area (Å²) in [7, 11) is 0. The van der Waals surface area contributed by atoms with Crippen LogP contribution in [0.4, 0.5) is 0 Å². The van der Waals surface area contributed by atoms with Crippen LogP contribution in [0.25, 0.3) is 0 Å². The second-order valence-electron chi connectivity index (χ2n) is 5.18. The first-order chi connectivity index (χ1) is 6.64. The summed E-state index contributed by atoms with van der Waals surface area (Å²) in [5.74, 6) is 0. The zero-order valence-corrected chi connectivity index (χ0v) is 8.92. The summed E-state index contributed by atoms with van der Waals surface area (Å²) >= 11 is 0. The third kappa shape index (κ3) is 0.763. The first kappa shape index (κ1) is 8.93. The molecule has 3 fully saturated rings. The van der Waals surface area contributed by atoms with E-state index in [1.165, 1.54) is 0 Å². The average Bonchev–Trinajstić information content (AvgIpc) is 2.84. The van der Waals surface area contributed by atoms with E-state index in [2.05, 4.69) is 19.9 Å². The molecular formula is C12H18O2. The van der Waals surface area contributed by atoms with Gasteiger partial charge in [0.25, 0.3) is 0 Å². The first-order valence-corrected chi connectivity index (χ1v) is 5.65. The number of aliphatic hydroxyl groups excluding tert-OH is 1. The fourth-order valence-electron chi connectivity index (χ4n) is 3.79. The van der Waals surface area contributed by atoms with Crippen LogP contribution >= 0.6 is 0 Å². The summed E-state index contributed by atoms with van der Waals surface area (Å²) in [6.45, 7) is 4.45. The molecule has 4 unspecified atom stereocenters. The van der Waals surface area contributed by atoms with Crippen molar-refractivity contribution in [2.75, 3.05) is 0 Å². The number of hydrogen-bond acceptors (Lipinski definition) is 2. The minimum atomic E-state index is -0.209. The van der Waals surface area contributed by atoms with Crippen LogP contribution in [0.2, 0.25) is 0 Å². The molecule has 0 aromatic rings. The maximum Gasteiger partial charge on any atom is 0.114 e. The topological polar surface area (TPSA) is 32.8 Å². The Kier molecular flexibility index (Phi) is 1.54. The summed E-state index contributed by atoms with van der Waals surface area (Å²) in [6.07, 6.45) is 6.45. The Bertz CT molecular complexity index is 309. The van der Waals surface area contributed by atoms with E-state index in [0.29, 0.717) is 0 Å². The molecule has 2 saturated carbocycles. The molecule has 78 valence electrons. The van der Waals surface area contributed by atoms with Crippen LogP contribution in [-0.2, 0) is 4.74 Å². The molecule has 3 aliphatic rings. The fourth-order valence-corrected chi connectivity index (χ4v) is 3.79. The van der Waals surface area contributed by atoms with Crippen molar-refractivity contribution in [1.29, 1.82) is 0 Å². The molecule has 0 radical (unpaired) electrons. The van der Waals surface area contributed by atoms with Crippen LogP contribution in [0, 0.1) is 5.41 Å². The van der Waals surface area contributed by atoms with Gasteiger partial charge in [-0.2, -0.15) is 0 Å². The maximum absolute atomic E-state index is 9.79. The van der Waals surface area contributed by atoms with Gasteiger partial charge in [-0.3, -0.25) is 0 Å². The van der Waals surface area contributed by atoms with E-state index in [1.807, 2.05) is 0 Å². The molecule has 0 aromatic carbocycles. The van der Waals surface area contributed by atoms with Crippen molar-refractivity contribution in [1.82, 2.24) is 0 Å². The molecule has 0 aromatic heterocycles. The van der Waals surface area contributed by atoms with Crippen LogP contribution in [0.5, 0.6) is 0 Å². The summed E-state index contributed by atoms with van der Waals surface area (Å²) in [5, 5.41) is 9.79. The zero-order chi connectivity index (χ0) is 9.97. The molecule has 1 spiro atoms. The minimum absolute atomic E-state index is 0.0203. The Hall–Kier alpha value is -0.340. The van der Waals surface area contributed by atoms with Crippen molar-refractivity contribution < 1.29 is 9.84 Å².